The Morgan fingerprint density at radius 1 is 1.28 bits per heavy atom. The van der Waals surface area contributed by atoms with Crippen LogP contribution in [0.3, 0.4) is 0 Å². The number of anilines is 2. The van der Waals surface area contributed by atoms with Gasteiger partial charge in [0.1, 0.15) is 0 Å². The summed E-state index contributed by atoms with van der Waals surface area (Å²) in [6, 6.07) is 2.34. The molecule has 0 bridgehead atoms. The van der Waals surface area contributed by atoms with E-state index in [1.54, 1.807) is 0 Å². The van der Waals surface area contributed by atoms with Crippen LogP contribution in [-0.4, -0.2) is 19.8 Å². The number of nitrogen functional groups attached to an aromatic ring is 1. The first-order valence-corrected chi connectivity index (χ1v) is 6.07. The van der Waals surface area contributed by atoms with Crippen molar-refractivity contribution in [2.75, 3.05) is 30.8 Å². The molecule has 0 radical (unpaired) electrons. The summed E-state index contributed by atoms with van der Waals surface area (Å²) >= 11 is 0. The molecule has 0 saturated carbocycles. The fraction of sp³-hybridized carbons (Fsp3) is 0.538. The molecule has 0 aliphatic carbocycles. The molecule has 0 aliphatic rings. The van der Waals surface area contributed by atoms with Crippen molar-refractivity contribution in [1.82, 2.24) is 0 Å². The van der Waals surface area contributed by atoms with E-state index < -0.39 is 11.6 Å². The Labute approximate surface area is 106 Å². The molecule has 5 heteroatoms. The molecule has 0 aliphatic heterocycles. The lowest BCUT2D eigenvalue weighted by molar-refractivity contribution is 0.132. The Morgan fingerprint density at radius 2 is 2.00 bits per heavy atom. The van der Waals surface area contributed by atoms with Crippen LogP contribution in [0.4, 0.5) is 20.2 Å². The van der Waals surface area contributed by atoms with Gasteiger partial charge in [0.25, 0.3) is 0 Å². The highest BCUT2D eigenvalue weighted by molar-refractivity contribution is 5.66. The van der Waals surface area contributed by atoms with Crippen LogP contribution in [0, 0.1) is 17.6 Å². The van der Waals surface area contributed by atoms with E-state index >= 15 is 0 Å². The van der Waals surface area contributed by atoms with Crippen LogP contribution in [-0.2, 0) is 4.74 Å². The number of halogens is 2. The molecule has 1 aromatic carbocycles. The molecule has 18 heavy (non-hydrogen) atoms. The van der Waals surface area contributed by atoms with E-state index in [1.165, 1.54) is 6.07 Å². The summed E-state index contributed by atoms with van der Waals surface area (Å²) in [4.78, 5) is 0. The summed E-state index contributed by atoms with van der Waals surface area (Å²) in [6.45, 7) is 5.72. The number of benzene rings is 1. The van der Waals surface area contributed by atoms with Crippen LogP contribution in [0.2, 0.25) is 0 Å². The van der Waals surface area contributed by atoms with Crippen molar-refractivity contribution in [1.29, 1.82) is 0 Å². The first-order valence-electron chi connectivity index (χ1n) is 6.07. The number of nitrogens with one attached hydrogen (secondary N) is 1. The summed E-state index contributed by atoms with van der Waals surface area (Å²) in [7, 11) is 0. The standard InChI is InChI=1S/C13H20F2N2O/c1-9(2)5-7-18-8-6-17-13-11(16)4-3-10(14)12(13)15/h3-4,9,17H,5-8,16H2,1-2H3. The molecule has 1 rings (SSSR count). The topological polar surface area (TPSA) is 47.3 Å². The highest BCUT2D eigenvalue weighted by atomic mass is 19.2. The van der Waals surface area contributed by atoms with Crippen molar-refractivity contribution in [2.24, 2.45) is 5.92 Å². The van der Waals surface area contributed by atoms with Crippen LogP contribution in [0.5, 0.6) is 0 Å². The van der Waals surface area contributed by atoms with Gasteiger partial charge in [0.05, 0.1) is 18.0 Å². The first kappa shape index (κ1) is 14.7. The van der Waals surface area contributed by atoms with Crippen molar-refractivity contribution >= 4 is 11.4 Å². The average Bonchev–Trinajstić information content (AvgIpc) is 2.32. The second kappa shape index (κ2) is 7.16. The number of rotatable bonds is 7. The van der Waals surface area contributed by atoms with Gasteiger partial charge >= 0.3 is 0 Å². The van der Waals surface area contributed by atoms with Gasteiger partial charge in [-0.05, 0) is 24.5 Å². The lowest BCUT2D eigenvalue weighted by Crippen LogP contribution is -2.13. The number of hydrogen-bond acceptors (Lipinski definition) is 3. The van der Waals surface area contributed by atoms with Crippen molar-refractivity contribution in [3.8, 4) is 0 Å². The van der Waals surface area contributed by atoms with Gasteiger partial charge in [-0.25, -0.2) is 8.78 Å². The van der Waals surface area contributed by atoms with E-state index in [0.29, 0.717) is 25.7 Å². The maximum absolute atomic E-state index is 13.4. The minimum atomic E-state index is -0.947. The van der Waals surface area contributed by atoms with Crippen molar-refractivity contribution < 1.29 is 13.5 Å². The molecule has 102 valence electrons. The molecule has 0 aromatic heterocycles. The van der Waals surface area contributed by atoms with Crippen LogP contribution in [0.1, 0.15) is 20.3 Å². The van der Waals surface area contributed by atoms with Crippen LogP contribution in [0.25, 0.3) is 0 Å². The summed E-state index contributed by atoms with van der Waals surface area (Å²) in [5.74, 6) is -1.26. The molecule has 0 atom stereocenters. The Balaban J connectivity index is 2.33. The van der Waals surface area contributed by atoms with Crippen LogP contribution in [0.15, 0.2) is 12.1 Å². The third kappa shape index (κ3) is 4.49. The zero-order chi connectivity index (χ0) is 13.5. The Bertz CT molecular complexity index is 383. The summed E-state index contributed by atoms with van der Waals surface area (Å²) in [5.41, 5.74) is 5.75. The summed E-state index contributed by atoms with van der Waals surface area (Å²) in [5, 5.41) is 2.75. The molecule has 3 nitrogen and oxygen atoms in total. The van der Waals surface area contributed by atoms with Gasteiger partial charge in [-0.3, -0.25) is 0 Å². The molecule has 0 amide bonds. The first-order chi connectivity index (χ1) is 8.52. The smallest absolute Gasteiger partial charge is 0.183 e. The van der Waals surface area contributed by atoms with Crippen molar-refractivity contribution in [3.05, 3.63) is 23.8 Å². The van der Waals surface area contributed by atoms with E-state index in [9.17, 15) is 8.78 Å². The largest absolute Gasteiger partial charge is 0.397 e. The molecular formula is C13H20F2N2O. The molecule has 0 saturated heterocycles. The minimum absolute atomic E-state index is 0.00228. The van der Waals surface area contributed by atoms with Crippen LogP contribution < -0.4 is 11.1 Å². The lowest BCUT2D eigenvalue weighted by atomic mass is 10.1. The maximum Gasteiger partial charge on any atom is 0.183 e. The van der Waals surface area contributed by atoms with Gasteiger partial charge in [0.15, 0.2) is 11.6 Å². The molecule has 3 N–H and O–H groups in total. The molecule has 0 unspecified atom stereocenters. The normalized spacial score (nSPS) is 10.9. The van der Waals surface area contributed by atoms with E-state index in [4.69, 9.17) is 10.5 Å². The molecule has 0 heterocycles. The predicted octanol–water partition coefficient (Wildman–Crippen LogP) is 3.02. The quantitative estimate of drug-likeness (QED) is 0.584. The zero-order valence-corrected chi connectivity index (χ0v) is 10.8. The highest BCUT2D eigenvalue weighted by Crippen LogP contribution is 2.24. The Morgan fingerprint density at radius 3 is 2.67 bits per heavy atom. The third-order valence-corrected chi connectivity index (χ3v) is 2.51. The van der Waals surface area contributed by atoms with E-state index in [-0.39, 0.29) is 11.4 Å². The van der Waals surface area contributed by atoms with Gasteiger partial charge in [-0.1, -0.05) is 13.8 Å². The fourth-order valence-corrected chi connectivity index (χ4v) is 1.41. The van der Waals surface area contributed by atoms with Gasteiger partial charge in [0, 0.05) is 13.2 Å². The second-order valence-corrected chi connectivity index (χ2v) is 4.55. The average molecular weight is 258 g/mol. The number of hydrogen-bond donors (Lipinski definition) is 2. The second-order valence-electron chi connectivity index (χ2n) is 4.55. The molecule has 0 fully saturated rings. The van der Waals surface area contributed by atoms with E-state index in [0.717, 1.165) is 12.5 Å². The Kier molecular flexibility index (Phi) is 5.85. The maximum atomic E-state index is 13.4. The van der Waals surface area contributed by atoms with Crippen molar-refractivity contribution in [3.63, 3.8) is 0 Å². The van der Waals surface area contributed by atoms with E-state index in [2.05, 4.69) is 19.2 Å². The summed E-state index contributed by atoms with van der Waals surface area (Å²) < 4.78 is 31.7. The van der Waals surface area contributed by atoms with Gasteiger partial charge in [0.2, 0.25) is 0 Å². The highest BCUT2D eigenvalue weighted by Gasteiger charge is 2.10. The lowest BCUT2D eigenvalue weighted by Gasteiger charge is -2.11. The van der Waals surface area contributed by atoms with E-state index in [1.807, 2.05) is 0 Å². The number of ether oxygens (including phenoxy) is 1. The minimum Gasteiger partial charge on any atom is -0.397 e. The predicted molar refractivity (Wildman–Crippen MR) is 69.5 cm³/mol. The van der Waals surface area contributed by atoms with Gasteiger partial charge in [-0.15, -0.1) is 0 Å². The van der Waals surface area contributed by atoms with Crippen LogP contribution >= 0.6 is 0 Å². The number of nitrogens with two attached hydrogens (primary N) is 1. The SMILES string of the molecule is CC(C)CCOCCNc1c(N)ccc(F)c1F. The fourth-order valence-electron chi connectivity index (χ4n) is 1.41. The molecule has 0 spiro atoms. The zero-order valence-electron chi connectivity index (χ0n) is 10.8. The summed E-state index contributed by atoms with van der Waals surface area (Å²) in [6.07, 6.45) is 0.983. The third-order valence-electron chi connectivity index (χ3n) is 2.51. The van der Waals surface area contributed by atoms with Gasteiger partial charge in [-0.2, -0.15) is 0 Å². The van der Waals surface area contributed by atoms with Crippen molar-refractivity contribution in [2.45, 2.75) is 20.3 Å². The molecular weight excluding hydrogens is 238 g/mol. The Hall–Kier alpha value is -1.36. The molecule has 1 aromatic rings. The van der Waals surface area contributed by atoms with Gasteiger partial charge < -0.3 is 15.8 Å². The monoisotopic (exact) mass is 258 g/mol.